The van der Waals surface area contributed by atoms with Gasteiger partial charge in [0.1, 0.15) is 4.90 Å². The number of piperazine rings is 1. The highest BCUT2D eigenvalue weighted by Gasteiger charge is 2.31. The number of sulfonamides is 1. The molecule has 1 aliphatic rings. The van der Waals surface area contributed by atoms with E-state index < -0.39 is 10.0 Å². The molecule has 1 aromatic rings. The van der Waals surface area contributed by atoms with Crippen LogP contribution in [0.25, 0.3) is 0 Å². The third kappa shape index (κ3) is 2.56. The van der Waals surface area contributed by atoms with Gasteiger partial charge in [-0.1, -0.05) is 0 Å². The van der Waals surface area contributed by atoms with E-state index in [1.165, 1.54) is 22.1 Å². The summed E-state index contributed by atoms with van der Waals surface area (Å²) in [6, 6.07) is 0. The minimum atomic E-state index is -3.63. The molecule has 1 fully saturated rings. The van der Waals surface area contributed by atoms with E-state index in [0.29, 0.717) is 13.1 Å². The van der Waals surface area contributed by atoms with Crippen molar-refractivity contribution in [2.75, 3.05) is 31.9 Å². The maximum absolute atomic E-state index is 12.4. The van der Waals surface area contributed by atoms with Gasteiger partial charge in [0.2, 0.25) is 15.9 Å². The Morgan fingerprint density at radius 2 is 1.89 bits per heavy atom. The summed E-state index contributed by atoms with van der Waals surface area (Å²) in [4.78, 5) is 12.9. The Morgan fingerprint density at radius 3 is 2.32 bits per heavy atom. The smallest absolute Gasteiger partial charge is 0.248 e. The molecule has 0 saturated carbocycles. The van der Waals surface area contributed by atoms with Crippen LogP contribution in [0.1, 0.15) is 6.92 Å². The second kappa shape index (κ2) is 4.82. The summed E-state index contributed by atoms with van der Waals surface area (Å²) < 4.78 is 27.5. The molecule has 0 atom stereocenters. The molecule has 106 valence electrons. The van der Waals surface area contributed by atoms with E-state index in [9.17, 15) is 13.2 Å². The van der Waals surface area contributed by atoms with Gasteiger partial charge in [-0.25, -0.2) is 8.42 Å². The SMILES string of the molecule is CC(=O)N1CCN(S(=O)(=O)c2cn(C)nc2N)CC1. The molecule has 1 aromatic heterocycles. The molecule has 9 heteroatoms. The van der Waals surface area contributed by atoms with E-state index in [2.05, 4.69) is 5.10 Å². The first kappa shape index (κ1) is 13.8. The lowest BCUT2D eigenvalue weighted by Crippen LogP contribution is -2.49. The van der Waals surface area contributed by atoms with E-state index in [1.807, 2.05) is 0 Å². The highest BCUT2D eigenvalue weighted by Crippen LogP contribution is 2.21. The summed E-state index contributed by atoms with van der Waals surface area (Å²) in [7, 11) is -2.02. The molecule has 0 aromatic carbocycles. The van der Waals surface area contributed by atoms with Crippen LogP contribution in [0.3, 0.4) is 0 Å². The fourth-order valence-electron chi connectivity index (χ4n) is 2.07. The van der Waals surface area contributed by atoms with Crippen LogP contribution < -0.4 is 5.73 Å². The lowest BCUT2D eigenvalue weighted by Gasteiger charge is -2.33. The molecule has 0 unspecified atom stereocenters. The summed E-state index contributed by atoms with van der Waals surface area (Å²) in [5, 5.41) is 3.84. The van der Waals surface area contributed by atoms with Gasteiger partial charge in [0, 0.05) is 46.3 Å². The highest BCUT2D eigenvalue weighted by atomic mass is 32.2. The second-order valence-corrected chi connectivity index (χ2v) is 6.37. The van der Waals surface area contributed by atoms with Gasteiger partial charge >= 0.3 is 0 Å². The molecule has 0 radical (unpaired) electrons. The zero-order valence-electron chi connectivity index (χ0n) is 10.9. The number of nitrogen functional groups attached to an aromatic ring is 1. The molecule has 2 N–H and O–H groups in total. The van der Waals surface area contributed by atoms with Crippen molar-refractivity contribution in [3.05, 3.63) is 6.20 Å². The molecule has 0 aliphatic carbocycles. The van der Waals surface area contributed by atoms with Crippen LogP contribution in [0.4, 0.5) is 5.82 Å². The third-order valence-corrected chi connectivity index (χ3v) is 5.04. The Labute approximate surface area is 111 Å². The van der Waals surface area contributed by atoms with Crippen LogP contribution in [0.2, 0.25) is 0 Å². The average molecular weight is 287 g/mol. The summed E-state index contributed by atoms with van der Waals surface area (Å²) in [5.41, 5.74) is 5.61. The van der Waals surface area contributed by atoms with Crippen molar-refractivity contribution in [2.24, 2.45) is 7.05 Å². The first-order valence-electron chi connectivity index (χ1n) is 5.87. The normalized spacial score (nSPS) is 17.7. The van der Waals surface area contributed by atoms with Crippen molar-refractivity contribution in [3.63, 3.8) is 0 Å². The maximum atomic E-state index is 12.4. The quantitative estimate of drug-likeness (QED) is 0.740. The maximum Gasteiger partial charge on any atom is 0.248 e. The molecule has 19 heavy (non-hydrogen) atoms. The molecule has 1 saturated heterocycles. The predicted octanol–water partition coefficient (Wildman–Crippen LogP) is -1.14. The van der Waals surface area contributed by atoms with E-state index in [-0.39, 0.29) is 29.7 Å². The van der Waals surface area contributed by atoms with Gasteiger partial charge in [-0.05, 0) is 0 Å². The fourth-order valence-corrected chi connectivity index (χ4v) is 3.58. The number of rotatable bonds is 2. The van der Waals surface area contributed by atoms with Gasteiger partial charge in [0.25, 0.3) is 0 Å². The molecule has 1 aliphatic heterocycles. The van der Waals surface area contributed by atoms with Crippen LogP contribution in [0.15, 0.2) is 11.1 Å². The van der Waals surface area contributed by atoms with Crippen LogP contribution in [-0.2, 0) is 21.9 Å². The molecular formula is C10H17N5O3S. The Kier molecular flexibility index (Phi) is 3.50. The first-order chi connectivity index (χ1) is 8.82. The third-order valence-electron chi connectivity index (χ3n) is 3.12. The molecule has 1 amide bonds. The van der Waals surface area contributed by atoms with E-state index >= 15 is 0 Å². The van der Waals surface area contributed by atoms with Crippen LogP contribution >= 0.6 is 0 Å². The number of carbonyl (C=O) groups is 1. The molecule has 0 bridgehead atoms. The second-order valence-electron chi connectivity index (χ2n) is 4.46. The van der Waals surface area contributed by atoms with Gasteiger partial charge in [0.05, 0.1) is 0 Å². The Bertz CT molecular complexity index is 586. The van der Waals surface area contributed by atoms with Gasteiger partial charge in [-0.15, -0.1) is 0 Å². The Hall–Kier alpha value is -1.61. The van der Waals surface area contributed by atoms with E-state index in [4.69, 9.17) is 5.73 Å². The van der Waals surface area contributed by atoms with Crippen molar-refractivity contribution in [3.8, 4) is 0 Å². The number of anilines is 1. The molecule has 2 rings (SSSR count). The number of aromatic nitrogens is 2. The lowest BCUT2D eigenvalue weighted by atomic mass is 10.3. The Balaban J connectivity index is 2.19. The van der Waals surface area contributed by atoms with E-state index in [0.717, 1.165) is 0 Å². The van der Waals surface area contributed by atoms with Crippen molar-refractivity contribution >= 4 is 21.7 Å². The number of amides is 1. The predicted molar refractivity (Wildman–Crippen MR) is 68.6 cm³/mol. The van der Waals surface area contributed by atoms with Crippen molar-refractivity contribution in [2.45, 2.75) is 11.8 Å². The van der Waals surface area contributed by atoms with Crippen molar-refractivity contribution in [1.82, 2.24) is 19.0 Å². The summed E-state index contributed by atoms with van der Waals surface area (Å²) in [6.07, 6.45) is 1.39. The zero-order chi connectivity index (χ0) is 14.2. The van der Waals surface area contributed by atoms with Gasteiger partial charge in [0.15, 0.2) is 5.82 Å². The molecule has 8 nitrogen and oxygen atoms in total. The van der Waals surface area contributed by atoms with Crippen LogP contribution in [0, 0.1) is 0 Å². The van der Waals surface area contributed by atoms with Crippen molar-refractivity contribution in [1.29, 1.82) is 0 Å². The topological polar surface area (TPSA) is 102 Å². The molecule has 0 spiro atoms. The van der Waals surface area contributed by atoms with Gasteiger partial charge in [-0.3, -0.25) is 9.48 Å². The number of nitrogens with zero attached hydrogens (tertiary/aromatic N) is 4. The van der Waals surface area contributed by atoms with E-state index in [1.54, 1.807) is 11.9 Å². The standard InChI is InChI=1S/C10H17N5O3S/c1-8(16)14-3-5-15(6-4-14)19(17,18)9-7-13(2)12-10(9)11/h7H,3-6H2,1-2H3,(H2,11,12). The lowest BCUT2D eigenvalue weighted by molar-refractivity contribution is -0.129. The summed E-state index contributed by atoms with van der Waals surface area (Å²) in [6.45, 7) is 2.82. The largest absolute Gasteiger partial charge is 0.381 e. The monoisotopic (exact) mass is 287 g/mol. The Morgan fingerprint density at radius 1 is 1.32 bits per heavy atom. The van der Waals surface area contributed by atoms with Crippen molar-refractivity contribution < 1.29 is 13.2 Å². The first-order valence-corrected chi connectivity index (χ1v) is 7.31. The fraction of sp³-hybridized carbons (Fsp3) is 0.600. The van der Waals surface area contributed by atoms with Gasteiger partial charge < -0.3 is 10.6 Å². The van der Waals surface area contributed by atoms with Crippen LogP contribution in [-0.4, -0.2) is 59.5 Å². The summed E-state index contributed by atoms with van der Waals surface area (Å²) >= 11 is 0. The number of hydrogen-bond acceptors (Lipinski definition) is 5. The van der Waals surface area contributed by atoms with Crippen LogP contribution in [0.5, 0.6) is 0 Å². The zero-order valence-corrected chi connectivity index (χ0v) is 11.7. The van der Waals surface area contributed by atoms with Gasteiger partial charge in [-0.2, -0.15) is 9.40 Å². The highest BCUT2D eigenvalue weighted by molar-refractivity contribution is 7.89. The number of aryl methyl sites for hydroxylation is 1. The molecule has 2 heterocycles. The molecular weight excluding hydrogens is 270 g/mol. The summed E-state index contributed by atoms with van der Waals surface area (Å²) in [5.74, 6) is -0.0468. The average Bonchev–Trinajstić information content (AvgIpc) is 2.69. The number of hydrogen-bond donors (Lipinski definition) is 1. The number of carbonyl (C=O) groups excluding carboxylic acids is 1. The minimum absolute atomic E-state index is 0.00324. The minimum Gasteiger partial charge on any atom is -0.381 e. The number of nitrogens with two attached hydrogens (primary N) is 1.